The van der Waals surface area contributed by atoms with E-state index >= 15 is 0 Å². The lowest BCUT2D eigenvalue weighted by Gasteiger charge is -2.51. The summed E-state index contributed by atoms with van der Waals surface area (Å²) < 4.78 is 12.1. The van der Waals surface area contributed by atoms with E-state index < -0.39 is 0 Å². The van der Waals surface area contributed by atoms with Gasteiger partial charge in [0.1, 0.15) is 12.0 Å². The minimum atomic E-state index is 0.0767. The highest BCUT2D eigenvalue weighted by Gasteiger charge is 2.65. The van der Waals surface area contributed by atoms with Crippen LogP contribution < -0.4 is 9.80 Å². The third kappa shape index (κ3) is 3.39. The minimum absolute atomic E-state index is 0.0767. The van der Waals surface area contributed by atoms with Crippen molar-refractivity contribution in [2.24, 2.45) is 23.2 Å². The molecule has 0 amide bonds. The summed E-state index contributed by atoms with van der Waals surface area (Å²) in [6, 6.07) is 8.81. The van der Waals surface area contributed by atoms with Gasteiger partial charge in [0.25, 0.3) is 0 Å². The Balaban J connectivity index is 1.12. The highest BCUT2D eigenvalue weighted by molar-refractivity contribution is 5.75. The zero-order chi connectivity index (χ0) is 21.2. The molecule has 1 aromatic rings. The third-order valence-electron chi connectivity index (χ3n) is 9.43. The molecule has 1 aromatic carbocycles. The molecule has 3 saturated heterocycles. The van der Waals surface area contributed by atoms with Gasteiger partial charge in [-0.2, -0.15) is 0 Å². The number of aryl methyl sites for hydroxylation is 1. The smallest absolute Gasteiger partial charge is 0.315 e. The summed E-state index contributed by atoms with van der Waals surface area (Å²) in [6.45, 7) is 10.8. The van der Waals surface area contributed by atoms with Gasteiger partial charge >= 0.3 is 5.97 Å². The van der Waals surface area contributed by atoms with Crippen LogP contribution in [0.25, 0.3) is 0 Å². The predicted octanol–water partition coefficient (Wildman–Crippen LogP) is 2.23. The van der Waals surface area contributed by atoms with Crippen LogP contribution in [0.5, 0.6) is 0 Å². The molecule has 0 bridgehead atoms. The molecule has 3 heterocycles. The normalized spacial score (nSPS) is 42.3. The largest absolute Gasteiger partial charge is 0.462 e. The fourth-order valence-electron chi connectivity index (χ4n) is 7.61. The van der Waals surface area contributed by atoms with Gasteiger partial charge in [-0.1, -0.05) is 19.1 Å². The van der Waals surface area contributed by atoms with Crippen molar-refractivity contribution in [3.63, 3.8) is 0 Å². The molecule has 1 spiro atoms. The van der Waals surface area contributed by atoms with E-state index in [1.54, 1.807) is 4.90 Å². The standard InChI is InChI=1S/C26H36N2O3/c1-18-5-3-6-19(13-18)28-11-9-27(10-12-28)16-21-20-14-23-25(2,15-22(20)31-24(21)29)7-4-8-26(23)17-30-26/h3,5-6,13,20-23H,4,7-12,14-17H2,1-2H3/p+1/t20-,21-,22-,23+,25-,26+/m1/s1. The first-order valence-electron chi connectivity index (χ1n) is 12.5. The summed E-state index contributed by atoms with van der Waals surface area (Å²) in [4.78, 5) is 17.0. The van der Waals surface area contributed by atoms with Gasteiger partial charge in [0.05, 0.1) is 44.9 Å². The number of nitrogens with zero attached hydrogens (tertiary/aromatic N) is 1. The van der Waals surface area contributed by atoms with E-state index in [0.29, 0.717) is 11.8 Å². The lowest BCUT2D eigenvalue weighted by molar-refractivity contribution is -0.903. The number of ether oxygens (including phenoxy) is 2. The van der Waals surface area contributed by atoms with Gasteiger partial charge in [-0.15, -0.1) is 0 Å². The predicted molar refractivity (Wildman–Crippen MR) is 119 cm³/mol. The van der Waals surface area contributed by atoms with Gasteiger partial charge < -0.3 is 19.3 Å². The second-order valence-electron chi connectivity index (χ2n) is 11.4. The fourth-order valence-corrected chi connectivity index (χ4v) is 7.61. The average molecular weight is 426 g/mol. The van der Waals surface area contributed by atoms with Crippen molar-refractivity contribution in [3.05, 3.63) is 29.8 Å². The number of benzene rings is 1. The molecule has 1 N–H and O–H groups in total. The maximum Gasteiger partial charge on any atom is 0.315 e. The second-order valence-corrected chi connectivity index (χ2v) is 11.4. The van der Waals surface area contributed by atoms with Crippen molar-refractivity contribution in [2.75, 3.05) is 44.2 Å². The Morgan fingerprint density at radius 2 is 2.03 bits per heavy atom. The molecular formula is C26H37N2O3+. The summed E-state index contributed by atoms with van der Waals surface area (Å²) in [5.41, 5.74) is 3.08. The number of esters is 1. The van der Waals surface area contributed by atoms with Crippen LogP contribution in [-0.2, 0) is 14.3 Å². The molecular weight excluding hydrogens is 388 g/mol. The summed E-state index contributed by atoms with van der Waals surface area (Å²) in [5.74, 6) is 1.16. The molecule has 31 heavy (non-hydrogen) atoms. The number of fused-ring (bicyclic) bond motifs is 3. The van der Waals surface area contributed by atoms with Crippen LogP contribution >= 0.6 is 0 Å². The van der Waals surface area contributed by atoms with E-state index in [1.807, 2.05) is 0 Å². The number of carbonyl (C=O) groups excluding carboxylic acids is 1. The lowest BCUT2D eigenvalue weighted by Crippen LogP contribution is -3.15. The number of rotatable bonds is 3. The van der Waals surface area contributed by atoms with E-state index in [9.17, 15) is 4.79 Å². The summed E-state index contributed by atoms with van der Waals surface area (Å²) in [6.07, 6.45) is 6.06. The van der Waals surface area contributed by atoms with Crippen molar-refractivity contribution in [2.45, 2.75) is 57.7 Å². The highest BCUT2D eigenvalue weighted by atomic mass is 16.6. The molecule has 168 valence electrons. The van der Waals surface area contributed by atoms with Crippen molar-refractivity contribution in [3.8, 4) is 0 Å². The molecule has 5 fully saturated rings. The molecule has 5 aliphatic rings. The van der Waals surface area contributed by atoms with Gasteiger partial charge in [0, 0.05) is 11.6 Å². The zero-order valence-corrected chi connectivity index (χ0v) is 19.1. The molecule has 6 atom stereocenters. The minimum Gasteiger partial charge on any atom is -0.462 e. The van der Waals surface area contributed by atoms with Crippen LogP contribution in [0.1, 0.15) is 44.6 Å². The van der Waals surface area contributed by atoms with Gasteiger partial charge in [0.15, 0.2) is 0 Å². The van der Waals surface area contributed by atoms with Crippen molar-refractivity contribution < 1.29 is 19.2 Å². The van der Waals surface area contributed by atoms with Crippen LogP contribution in [0.2, 0.25) is 0 Å². The number of anilines is 1. The van der Waals surface area contributed by atoms with Crippen LogP contribution in [0, 0.1) is 30.1 Å². The number of hydrogen-bond acceptors (Lipinski definition) is 4. The Morgan fingerprint density at radius 1 is 1.23 bits per heavy atom. The number of hydrogen-bond donors (Lipinski definition) is 1. The maximum absolute atomic E-state index is 12.9. The van der Waals surface area contributed by atoms with Crippen molar-refractivity contribution in [1.29, 1.82) is 0 Å². The molecule has 0 unspecified atom stereocenters. The number of epoxide rings is 1. The van der Waals surface area contributed by atoms with Gasteiger partial charge in [-0.3, -0.25) is 4.79 Å². The summed E-state index contributed by atoms with van der Waals surface area (Å²) >= 11 is 0. The van der Waals surface area contributed by atoms with Crippen LogP contribution in [0.15, 0.2) is 24.3 Å². The molecule has 5 nitrogen and oxygen atoms in total. The SMILES string of the molecule is Cc1cccc(N2CC[NH+](C[C@H]3C(=O)O[C@@H]4C[C@@]5(C)CCC[C@]6(CO6)[C@H]5C[C@@H]43)CC2)c1. The first-order valence-corrected chi connectivity index (χ1v) is 12.5. The summed E-state index contributed by atoms with van der Waals surface area (Å²) in [5, 5.41) is 0. The molecule has 2 aliphatic carbocycles. The van der Waals surface area contributed by atoms with Crippen molar-refractivity contribution >= 4 is 11.7 Å². The van der Waals surface area contributed by atoms with E-state index in [1.165, 1.54) is 30.5 Å². The van der Waals surface area contributed by atoms with Gasteiger partial charge in [0.2, 0.25) is 0 Å². The number of quaternary nitrogens is 1. The summed E-state index contributed by atoms with van der Waals surface area (Å²) in [7, 11) is 0. The maximum atomic E-state index is 12.9. The quantitative estimate of drug-likeness (QED) is 0.596. The van der Waals surface area contributed by atoms with E-state index in [2.05, 4.69) is 43.0 Å². The second kappa shape index (κ2) is 7.21. The van der Waals surface area contributed by atoms with E-state index in [4.69, 9.17) is 9.47 Å². The molecule has 6 rings (SSSR count). The van der Waals surface area contributed by atoms with Gasteiger partial charge in [-0.25, -0.2) is 0 Å². The highest BCUT2D eigenvalue weighted by Crippen LogP contribution is 2.62. The van der Waals surface area contributed by atoms with Crippen LogP contribution in [0.3, 0.4) is 0 Å². The Bertz CT molecular complexity index is 860. The number of carbonyl (C=O) groups is 1. The molecule has 0 radical (unpaired) electrons. The number of piperazine rings is 1. The van der Waals surface area contributed by atoms with E-state index in [0.717, 1.165) is 52.2 Å². The van der Waals surface area contributed by atoms with Crippen LogP contribution in [-0.4, -0.2) is 57.0 Å². The number of nitrogens with one attached hydrogen (secondary N) is 1. The fraction of sp³-hybridized carbons (Fsp3) is 0.731. The van der Waals surface area contributed by atoms with E-state index in [-0.39, 0.29) is 29.0 Å². The molecule has 0 aromatic heterocycles. The third-order valence-corrected chi connectivity index (χ3v) is 9.43. The Hall–Kier alpha value is -1.59. The Labute approximate surface area is 186 Å². The van der Waals surface area contributed by atoms with Crippen LogP contribution in [0.4, 0.5) is 5.69 Å². The average Bonchev–Trinajstić information content (AvgIpc) is 3.45. The topological polar surface area (TPSA) is 46.5 Å². The molecule has 3 aliphatic heterocycles. The first-order chi connectivity index (χ1) is 15.0. The molecule has 2 saturated carbocycles. The van der Waals surface area contributed by atoms with Gasteiger partial charge in [-0.05, 0) is 68.1 Å². The Kier molecular flexibility index (Phi) is 4.66. The molecule has 5 heteroatoms. The zero-order valence-electron chi connectivity index (χ0n) is 19.1. The first kappa shape index (κ1) is 20.0. The Morgan fingerprint density at radius 3 is 2.77 bits per heavy atom. The van der Waals surface area contributed by atoms with Crippen molar-refractivity contribution in [1.82, 2.24) is 0 Å². The lowest BCUT2D eigenvalue weighted by atomic mass is 9.53. The monoisotopic (exact) mass is 425 g/mol.